The number of aromatic nitrogens is 2. The van der Waals surface area contributed by atoms with E-state index in [1.807, 2.05) is 24.4 Å². The molecule has 72 heavy (non-hydrogen) atoms. The lowest BCUT2D eigenvalue weighted by Crippen LogP contribution is -2.62. The number of aryl methyl sites for hydroxylation is 1. The maximum Gasteiger partial charge on any atom is 0.325 e. The highest BCUT2D eigenvalue weighted by molar-refractivity contribution is 6.03. The SMILES string of the molecule is CCn1c(-c2cnccc2COC)c2c3cc(ccc31)-c1cc(O)cc(c1)C[C@H](NC(=O)C(C(C)C)N(C)C(=O)c1ccc(NC(=O)[C@H]3N[C@H]3C(=O)OC)cc1)C(=O)N1CCC[C@H](N1)C(=O)OCC(C)(C)C2. The molecule has 2 aromatic heterocycles. The first kappa shape index (κ1) is 51.2. The Morgan fingerprint density at radius 1 is 1.00 bits per heavy atom. The first-order valence-corrected chi connectivity index (χ1v) is 24.4. The number of cyclic esters (lactones) is 1. The van der Waals surface area contributed by atoms with Crippen LogP contribution in [0.4, 0.5) is 5.69 Å². The van der Waals surface area contributed by atoms with Gasteiger partial charge in [-0.2, -0.15) is 0 Å². The lowest BCUT2D eigenvalue weighted by molar-refractivity contribution is -0.155. The van der Waals surface area contributed by atoms with E-state index in [0.29, 0.717) is 49.2 Å². The van der Waals surface area contributed by atoms with E-state index in [1.54, 1.807) is 51.4 Å². The average Bonchev–Trinajstić information content (AvgIpc) is 4.12. The Balaban J connectivity index is 1.13. The van der Waals surface area contributed by atoms with E-state index in [1.165, 1.54) is 36.2 Å². The number of benzene rings is 3. The van der Waals surface area contributed by atoms with E-state index in [9.17, 15) is 33.9 Å². The van der Waals surface area contributed by atoms with Crippen LogP contribution in [-0.2, 0) is 64.2 Å². The van der Waals surface area contributed by atoms with Crippen LogP contribution >= 0.6 is 0 Å². The number of methoxy groups -OCH3 is 2. The Morgan fingerprint density at radius 3 is 2.47 bits per heavy atom. The first-order valence-electron chi connectivity index (χ1n) is 24.4. The van der Waals surface area contributed by atoms with Gasteiger partial charge in [-0.1, -0.05) is 39.8 Å². The van der Waals surface area contributed by atoms with Gasteiger partial charge in [-0.3, -0.25) is 44.1 Å². The molecule has 0 aliphatic carbocycles. The van der Waals surface area contributed by atoms with Gasteiger partial charge < -0.3 is 39.4 Å². The van der Waals surface area contributed by atoms with Crippen LogP contribution in [0.3, 0.4) is 0 Å². The number of carbonyl (C=O) groups is 6. The number of phenolic OH excluding ortho intramolecular Hbond substituents is 1. The number of ether oxygens (including phenoxy) is 3. The summed E-state index contributed by atoms with van der Waals surface area (Å²) in [4.78, 5) is 87.7. The van der Waals surface area contributed by atoms with Gasteiger partial charge in [0.25, 0.3) is 11.8 Å². The molecule has 2 fully saturated rings. The normalized spacial score (nSPS) is 20.3. The van der Waals surface area contributed by atoms with Gasteiger partial charge in [0.05, 0.1) is 26.0 Å². The number of carbonyl (C=O) groups excluding carboxylic acids is 6. The predicted octanol–water partition coefficient (Wildman–Crippen LogP) is 5.14. The Hall–Kier alpha value is -7.15. The molecule has 2 saturated heterocycles. The zero-order chi connectivity index (χ0) is 51.6. The summed E-state index contributed by atoms with van der Waals surface area (Å²) in [6.07, 6.45) is 5.00. The number of fused-ring (bicyclic) bond motifs is 6. The Labute approximate surface area is 418 Å². The van der Waals surface area contributed by atoms with E-state index >= 15 is 0 Å². The third-order valence-corrected chi connectivity index (χ3v) is 13.7. The Bertz CT molecular complexity index is 2900. The van der Waals surface area contributed by atoms with Gasteiger partial charge in [-0.15, -0.1) is 0 Å². The van der Waals surface area contributed by atoms with Crippen molar-refractivity contribution in [3.8, 4) is 28.1 Å². The van der Waals surface area contributed by atoms with Crippen LogP contribution in [0, 0.1) is 11.3 Å². The maximum atomic E-state index is 14.8. The number of anilines is 1. The van der Waals surface area contributed by atoms with Gasteiger partial charge in [0.15, 0.2) is 0 Å². The molecule has 18 nitrogen and oxygen atoms in total. The summed E-state index contributed by atoms with van der Waals surface area (Å²) in [6, 6.07) is 14.9. The smallest absolute Gasteiger partial charge is 0.325 e. The standard InChI is InChI=1S/C54H64N8O10/c1-9-61-43-17-14-33-25-38(43)39(47(61)40-27-55-19-18-34(40)28-70-7)26-54(4,5)29-72-52(68)41-11-10-20-62(59-41)51(67)42(23-31-21-35(33)24-37(63)22-31)57-49(65)46(30(2)3)60(6)50(66)32-12-15-36(16-13-32)56-48(64)44-45(58-44)53(69)71-8/h12-19,21-22,24-25,27,30,41-42,44-46,58-59,63H,9-11,20,23,26,28-29H2,1-8H3,(H,56,64)(H,57,65)/t41-,42-,44-,45+,46?/m0/s1. The summed E-state index contributed by atoms with van der Waals surface area (Å²) in [5, 5.41) is 22.2. The Kier molecular flexibility index (Phi) is 15.1. The molecular weight excluding hydrogens is 921 g/mol. The lowest BCUT2D eigenvalue weighted by atomic mass is 9.84. The summed E-state index contributed by atoms with van der Waals surface area (Å²) in [5.74, 6) is -3.51. The molecule has 3 aliphatic heterocycles. The number of nitrogens with one attached hydrogen (secondary N) is 4. The topological polar surface area (TPSA) is 233 Å². The summed E-state index contributed by atoms with van der Waals surface area (Å²) < 4.78 is 18.7. The Morgan fingerprint density at radius 2 is 1.76 bits per heavy atom. The van der Waals surface area contributed by atoms with Gasteiger partial charge in [-0.25, -0.2) is 5.43 Å². The van der Waals surface area contributed by atoms with Gasteiger partial charge in [0, 0.05) is 79.2 Å². The van der Waals surface area contributed by atoms with Crippen LogP contribution in [0.1, 0.15) is 74.5 Å². The number of hydrogen-bond donors (Lipinski definition) is 5. The second-order valence-corrected chi connectivity index (χ2v) is 20.0. The molecule has 0 radical (unpaired) electrons. The average molecular weight is 985 g/mol. The van der Waals surface area contributed by atoms with Crippen molar-refractivity contribution in [3.05, 3.63) is 101 Å². The fourth-order valence-electron chi connectivity index (χ4n) is 10.1. The van der Waals surface area contributed by atoms with E-state index < -0.39 is 77.1 Å². The van der Waals surface area contributed by atoms with Gasteiger partial charge in [0.2, 0.25) is 11.8 Å². The van der Waals surface area contributed by atoms with E-state index in [4.69, 9.17) is 14.2 Å². The molecule has 18 heteroatoms. The van der Waals surface area contributed by atoms with Crippen molar-refractivity contribution in [1.29, 1.82) is 0 Å². The van der Waals surface area contributed by atoms with Crippen LogP contribution in [0.25, 0.3) is 33.3 Å². The molecule has 1 unspecified atom stereocenters. The summed E-state index contributed by atoms with van der Waals surface area (Å²) in [6.45, 7) is 11.2. The van der Waals surface area contributed by atoms with Crippen LogP contribution in [-0.4, -0.2) is 125 Å². The van der Waals surface area contributed by atoms with Gasteiger partial charge in [0.1, 0.15) is 36.0 Å². The second-order valence-electron chi connectivity index (χ2n) is 20.0. The van der Waals surface area contributed by atoms with Crippen molar-refractivity contribution in [1.82, 2.24) is 35.5 Å². The maximum absolute atomic E-state index is 14.8. The number of pyridine rings is 1. The van der Waals surface area contributed by atoms with E-state index in [2.05, 4.69) is 63.8 Å². The monoisotopic (exact) mass is 984 g/mol. The fourth-order valence-corrected chi connectivity index (χ4v) is 10.1. The van der Waals surface area contributed by atoms with Crippen molar-refractivity contribution in [2.45, 2.75) is 104 Å². The molecule has 5 heterocycles. The molecule has 0 spiro atoms. The number of hydrogen-bond acceptors (Lipinski definition) is 13. The number of amides is 4. The van der Waals surface area contributed by atoms with Crippen molar-refractivity contribution in [2.24, 2.45) is 11.3 Å². The largest absolute Gasteiger partial charge is 0.508 e. The van der Waals surface area contributed by atoms with Crippen LogP contribution in [0.2, 0.25) is 0 Å². The minimum atomic E-state index is -1.21. The zero-order valence-electron chi connectivity index (χ0n) is 42.0. The first-order chi connectivity index (χ1) is 34.4. The van der Waals surface area contributed by atoms with E-state index in [0.717, 1.165) is 38.9 Å². The molecule has 5 atom stereocenters. The number of likely N-dealkylation sites (N-methyl/N-ethyl adjacent to an activating group) is 1. The third-order valence-electron chi connectivity index (χ3n) is 13.7. The van der Waals surface area contributed by atoms with Gasteiger partial charge in [-0.05, 0) is 115 Å². The molecule has 0 saturated carbocycles. The minimum absolute atomic E-state index is 0.0354. The number of nitrogens with zero attached hydrogens (tertiary/aromatic N) is 4. The van der Waals surface area contributed by atoms with Crippen molar-refractivity contribution in [3.63, 3.8) is 0 Å². The van der Waals surface area contributed by atoms with Crippen LogP contribution in [0.5, 0.6) is 5.75 Å². The molecule has 5 N–H and O–H groups in total. The number of hydrazine groups is 1. The quantitative estimate of drug-likeness (QED) is 0.0807. The van der Waals surface area contributed by atoms with Crippen LogP contribution in [0.15, 0.2) is 79.1 Å². The molecule has 380 valence electrons. The summed E-state index contributed by atoms with van der Waals surface area (Å²) in [5.41, 5.74) is 10.2. The zero-order valence-corrected chi connectivity index (χ0v) is 42.0. The molecule has 8 rings (SSSR count). The molecule has 3 aliphatic rings. The molecule has 3 aromatic carbocycles. The summed E-state index contributed by atoms with van der Waals surface area (Å²) in [7, 11) is 4.42. The highest BCUT2D eigenvalue weighted by atomic mass is 16.5. The van der Waals surface area contributed by atoms with Crippen molar-refractivity contribution < 1.29 is 48.1 Å². The highest BCUT2D eigenvalue weighted by Crippen LogP contribution is 2.41. The van der Waals surface area contributed by atoms with Crippen molar-refractivity contribution >= 4 is 52.2 Å². The lowest BCUT2D eigenvalue weighted by Gasteiger charge is -2.36. The summed E-state index contributed by atoms with van der Waals surface area (Å²) >= 11 is 0. The second kappa shape index (κ2) is 21.3. The highest BCUT2D eigenvalue weighted by Gasteiger charge is 2.48. The molecule has 6 bridgehead atoms. The third kappa shape index (κ3) is 10.9. The van der Waals surface area contributed by atoms with E-state index in [-0.39, 0.29) is 30.9 Å². The van der Waals surface area contributed by atoms with Gasteiger partial charge >= 0.3 is 11.9 Å². The molecule has 5 aromatic rings. The number of phenols is 1. The number of aromatic hydroxyl groups is 1. The molecule has 4 amide bonds. The predicted molar refractivity (Wildman–Crippen MR) is 269 cm³/mol. The van der Waals surface area contributed by atoms with Crippen molar-refractivity contribution in [2.75, 3.05) is 39.7 Å². The fraction of sp³-hybridized carbons (Fsp3) is 0.426. The number of esters is 2. The minimum Gasteiger partial charge on any atom is -0.508 e. The molecular formula is C54H64N8O10. The van der Waals surface area contributed by atoms with Crippen LogP contribution < -0.4 is 21.4 Å². The number of rotatable bonds is 12.